The number of aromatic amines is 1. The molecule has 3 rings (SSSR count). The van der Waals surface area contributed by atoms with Gasteiger partial charge in [-0.15, -0.1) is 11.3 Å². The SMILES string of the molecule is Ic1cc2c(s1)CCCC2NCCCc1ncn[nH]1. The number of rotatable bonds is 5. The van der Waals surface area contributed by atoms with Gasteiger partial charge >= 0.3 is 0 Å². The zero-order chi connectivity index (χ0) is 13.1. The van der Waals surface area contributed by atoms with Crippen LogP contribution in [0.3, 0.4) is 0 Å². The van der Waals surface area contributed by atoms with Crippen molar-refractivity contribution in [3.63, 3.8) is 0 Å². The van der Waals surface area contributed by atoms with Gasteiger partial charge in [-0.25, -0.2) is 4.98 Å². The molecule has 2 N–H and O–H groups in total. The van der Waals surface area contributed by atoms with Crippen LogP contribution in [-0.4, -0.2) is 21.7 Å². The molecule has 0 radical (unpaired) electrons. The molecule has 0 saturated heterocycles. The molecule has 6 heteroatoms. The molecule has 0 saturated carbocycles. The second kappa shape index (κ2) is 6.32. The first-order valence-electron chi connectivity index (χ1n) is 6.68. The first kappa shape index (κ1) is 13.5. The number of aryl methyl sites for hydroxylation is 2. The summed E-state index contributed by atoms with van der Waals surface area (Å²) in [7, 11) is 0. The van der Waals surface area contributed by atoms with Crippen molar-refractivity contribution in [1.29, 1.82) is 0 Å². The van der Waals surface area contributed by atoms with E-state index in [0.29, 0.717) is 6.04 Å². The molecule has 0 aromatic carbocycles. The number of fused-ring (bicyclic) bond motifs is 1. The lowest BCUT2D eigenvalue weighted by atomic mass is 9.94. The summed E-state index contributed by atoms with van der Waals surface area (Å²) < 4.78 is 1.41. The minimum Gasteiger partial charge on any atom is -0.310 e. The van der Waals surface area contributed by atoms with Crippen molar-refractivity contribution in [2.45, 2.75) is 38.1 Å². The van der Waals surface area contributed by atoms with Gasteiger partial charge in [0.2, 0.25) is 0 Å². The van der Waals surface area contributed by atoms with Gasteiger partial charge in [-0.1, -0.05) is 0 Å². The third kappa shape index (κ3) is 3.35. The Morgan fingerprint density at radius 1 is 1.53 bits per heavy atom. The van der Waals surface area contributed by atoms with E-state index in [9.17, 15) is 0 Å². The smallest absolute Gasteiger partial charge is 0.137 e. The highest BCUT2D eigenvalue weighted by molar-refractivity contribution is 14.1. The fourth-order valence-corrected chi connectivity index (χ4v) is 4.74. The summed E-state index contributed by atoms with van der Waals surface area (Å²) in [6, 6.07) is 2.91. The molecule has 1 aliphatic carbocycles. The van der Waals surface area contributed by atoms with E-state index in [0.717, 1.165) is 25.2 Å². The third-order valence-corrected chi connectivity index (χ3v) is 5.50. The Bertz CT molecular complexity index is 523. The second-order valence-corrected chi connectivity index (χ2v) is 7.89. The maximum Gasteiger partial charge on any atom is 0.137 e. The highest BCUT2D eigenvalue weighted by Gasteiger charge is 2.21. The number of H-pyrrole nitrogens is 1. The summed E-state index contributed by atoms with van der Waals surface area (Å²) >= 11 is 4.39. The van der Waals surface area contributed by atoms with Gasteiger partial charge in [0, 0.05) is 17.3 Å². The maximum atomic E-state index is 4.15. The van der Waals surface area contributed by atoms with E-state index in [2.05, 4.69) is 49.2 Å². The average Bonchev–Trinajstić information content (AvgIpc) is 3.02. The largest absolute Gasteiger partial charge is 0.310 e. The minimum atomic E-state index is 0.554. The molecular weight excluding hydrogens is 371 g/mol. The zero-order valence-corrected chi connectivity index (χ0v) is 13.6. The fourth-order valence-electron chi connectivity index (χ4n) is 2.62. The molecule has 2 heterocycles. The molecular formula is C13H17IN4S. The molecule has 0 bridgehead atoms. The van der Waals surface area contributed by atoms with Gasteiger partial charge in [-0.05, 0) is 66.4 Å². The molecule has 0 amide bonds. The standard InChI is InChI=1S/C13H17IN4S/c14-12-7-9-10(3-1-4-11(9)19-12)15-6-2-5-13-16-8-17-18-13/h7-8,10,15H,1-6H2,(H,16,17,18). The minimum absolute atomic E-state index is 0.554. The van der Waals surface area contributed by atoms with Crippen molar-refractivity contribution in [3.05, 3.63) is 31.5 Å². The Balaban J connectivity index is 1.50. The Hall–Kier alpha value is -0.470. The lowest BCUT2D eigenvalue weighted by Crippen LogP contribution is -2.25. The number of halogens is 1. The highest BCUT2D eigenvalue weighted by Crippen LogP contribution is 2.36. The van der Waals surface area contributed by atoms with E-state index in [1.165, 1.54) is 22.1 Å². The first-order valence-corrected chi connectivity index (χ1v) is 8.58. The van der Waals surface area contributed by atoms with Crippen LogP contribution >= 0.6 is 33.9 Å². The van der Waals surface area contributed by atoms with Crippen molar-refractivity contribution in [3.8, 4) is 0 Å². The van der Waals surface area contributed by atoms with Gasteiger partial charge in [0.15, 0.2) is 0 Å². The average molecular weight is 388 g/mol. The number of aromatic nitrogens is 3. The molecule has 19 heavy (non-hydrogen) atoms. The molecule has 1 aliphatic rings. The predicted octanol–water partition coefficient (Wildman–Crippen LogP) is 3.07. The molecule has 1 unspecified atom stereocenters. The Morgan fingerprint density at radius 2 is 2.47 bits per heavy atom. The molecule has 2 aromatic heterocycles. The molecule has 1 atom stereocenters. The molecule has 4 nitrogen and oxygen atoms in total. The lowest BCUT2D eigenvalue weighted by Gasteiger charge is -2.23. The van der Waals surface area contributed by atoms with Crippen LogP contribution in [0.4, 0.5) is 0 Å². The normalized spacial score (nSPS) is 18.5. The number of thiophene rings is 1. The summed E-state index contributed by atoms with van der Waals surface area (Å²) in [5, 5.41) is 10.5. The highest BCUT2D eigenvalue weighted by atomic mass is 127. The van der Waals surface area contributed by atoms with E-state index in [1.54, 1.807) is 16.8 Å². The van der Waals surface area contributed by atoms with Gasteiger partial charge < -0.3 is 5.32 Å². The van der Waals surface area contributed by atoms with E-state index in [4.69, 9.17) is 0 Å². The number of hydrogen-bond donors (Lipinski definition) is 2. The van der Waals surface area contributed by atoms with Crippen LogP contribution in [0.5, 0.6) is 0 Å². The fraction of sp³-hybridized carbons (Fsp3) is 0.538. The van der Waals surface area contributed by atoms with E-state index in [-0.39, 0.29) is 0 Å². The monoisotopic (exact) mass is 388 g/mol. The molecule has 2 aromatic rings. The summed E-state index contributed by atoms with van der Waals surface area (Å²) in [6.07, 6.45) is 7.48. The Morgan fingerprint density at radius 3 is 3.32 bits per heavy atom. The summed E-state index contributed by atoms with van der Waals surface area (Å²) in [4.78, 5) is 5.73. The molecule has 102 valence electrons. The van der Waals surface area contributed by atoms with Crippen molar-refractivity contribution in [2.75, 3.05) is 6.54 Å². The first-order chi connectivity index (χ1) is 9.33. The Labute approximate surface area is 130 Å². The van der Waals surface area contributed by atoms with Gasteiger partial charge in [0.1, 0.15) is 12.2 Å². The van der Waals surface area contributed by atoms with E-state index in [1.807, 2.05) is 11.3 Å². The predicted molar refractivity (Wildman–Crippen MR) is 85.4 cm³/mol. The summed E-state index contributed by atoms with van der Waals surface area (Å²) in [6.45, 7) is 1.04. The topological polar surface area (TPSA) is 53.6 Å². The van der Waals surface area contributed by atoms with Crippen LogP contribution in [0, 0.1) is 2.88 Å². The van der Waals surface area contributed by atoms with Crippen molar-refractivity contribution >= 4 is 33.9 Å². The summed E-state index contributed by atoms with van der Waals surface area (Å²) in [5.74, 6) is 0.983. The van der Waals surface area contributed by atoms with Crippen LogP contribution < -0.4 is 5.32 Å². The lowest BCUT2D eigenvalue weighted by molar-refractivity contribution is 0.458. The second-order valence-electron chi connectivity index (χ2n) is 4.86. The van der Waals surface area contributed by atoms with Gasteiger partial charge in [-0.2, -0.15) is 5.10 Å². The summed E-state index contributed by atoms with van der Waals surface area (Å²) in [5.41, 5.74) is 1.54. The maximum absolute atomic E-state index is 4.15. The van der Waals surface area contributed by atoms with E-state index < -0.39 is 0 Å². The number of nitrogens with one attached hydrogen (secondary N) is 2. The Kier molecular flexibility index (Phi) is 4.49. The third-order valence-electron chi connectivity index (χ3n) is 3.53. The molecule has 0 aliphatic heterocycles. The van der Waals surface area contributed by atoms with Crippen LogP contribution in [0.15, 0.2) is 12.4 Å². The molecule has 0 fully saturated rings. The van der Waals surface area contributed by atoms with E-state index >= 15 is 0 Å². The van der Waals surface area contributed by atoms with Crippen molar-refractivity contribution in [1.82, 2.24) is 20.5 Å². The van der Waals surface area contributed by atoms with Crippen LogP contribution in [0.1, 0.15) is 41.6 Å². The van der Waals surface area contributed by atoms with Crippen LogP contribution in [0.2, 0.25) is 0 Å². The number of nitrogens with zero attached hydrogens (tertiary/aromatic N) is 2. The van der Waals surface area contributed by atoms with Crippen LogP contribution in [0.25, 0.3) is 0 Å². The van der Waals surface area contributed by atoms with Crippen LogP contribution in [-0.2, 0) is 12.8 Å². The van der Waals surface area contributed by atoms with Crippen molar-refractivity contribution < 1.29 is 0 Å². The molecule has 0 spiro atoms. The number of hydrogen-bond acceptors (Lipinski definition) is 4. The van der Waals surface area contributed by atoms with Gasteiger partial charge in [0.25, 0.3) is 0 Å². The van der Waals surface area contributed by atoms with Gasteiger partial charge in [-0.3, -0.25) is 5.10 Å². The zero-order valence-electron chi connectivity index (χ0n) is 10.7. The van der Waals surface area contributed by atoms with Gasteiger partial charge in [0.05, 0.1) is 2.88 Å². The quantitative estimate of drug-likeness (QED) is 0.612. The van der Waals surface area contributed by atoms with Crippen molar-refractivity contribution in [2.24, 2.45) is 0 Å².